The van der Waals surface area contributed by atoms with Crippen molar-refractivity contribution in [3.63, 3.8) is 0 Å². The minimum Gasteiger partial charge on any atom is -0.383 e. The van der Waals surface area contributed by atoms with E-state index < -0.39 is 9.84 Å². The van der Waals surface area contributed by atoms with E-state index in [1.54, 1.807) is 19.1 Å². The molecule has 3 N–H and O–H groups in total. The summed E-state index contributed by atoms with van der Waals surface area (Å²) in [6.45, 7) is 3.60. The Kier molecular flexibility index (Phi) is 2.66. The third-order valence-electron chi connectivity index (χ3n) is 2.55. The maximum absolute atomic E-state index is 12.3. The molecular formula is C11H13N3O2S. The number of nitrogen functional groups attached to an aromatic ring is 1. The second kappa shape index (κ2) is 3.89. The third kappa shape index (κ3) is 1.91. The summed E-state index contributed by atoms with van der Waals surface area (Å²) in [7, 11) is -3.60. The lowest BCUT2D eigenvalue weighted by atomic mass is 10.2. The van der Waals surface area contributed by atoms with Crippen molar-refractivity contribution in [1.29, 1.82) is 0 Å². The lowest BCUT2D eigenvalue weighted by Crippen LogP contribution is -2.06. The molecule has 1 aromatic heterocycles. The monoisotopic (exact) mass is 251 g/mol. The van der Waals surface area contributed by atoms with Gasteiger partial charge in [0, 0.05) is 0 Å². The van der Waals surface area contributed by atoms with Gasteiger partial charge < -0.3 is 5.73 Å². The summed E-state index contributed by atoms with van der Waals surface area (Å²) in [5.74, 6) is 0.0610. The van der Waals surface area contributed by atoms with Crippen LogP contribution in [0.5, 0.6) is 0 Å². The number of benzene rings is 1. The first-order valence-corrected chi connectivity index (χ1v) is 6.52. The molecule has 6 heteroatoms. The first-order chi connectivity index (χ1) is 7.93. The largest absolute Gasteiger partial charge is 0.383 e. The van der Waals surface area contributed by atoms with E-state index in [1.165, 1.54) is 6.20 Å². The maximum Gasteiger partial charge on any atom is 0.212 e. The molecule has 2 rings (SSSR count). The van der Waals surface area contributed by atoms with Gasteiger partial charge in [0.15, 0.2) is 0 Å². The molecule has 0 amide bonds. The maximum atomic E-state index is 12.3. The Morgan fingerprint density at radius 2 is 1.94 bits per heavy atom. The summed E-state index contributed by atoms with van der Waals surface area (Å²) < 4.78 is 24.7. The van der Waals surface area contributed by atoms with E-state index in [1.807, 2.05) is 13.0 Å². The normalized spacial score (nSPS) is 11.6. The second-order valence-electron chi connectivity index (χ2n) is 3.92. The predicted octanol–water partition coefficient (Wildman–Crippen LogP) is 1.44. The molecule has 0 aliphatic carbocycles. The van der Waals surface area contributed by atoms with Crippen molar-refractivity contribution in [3.05, 3.63) is 35.5 Å². The van der Waals surface area contributed by atoms with E-state index in [9.17, 15) is 8.42 Å². The van der Waals surface area contributed by atoms with Crippen molar-refractivity contribution in [1.82, 2.24) is 10.2 Å². The number of aromatic nitrogens is 2. The van der Waals surface area contributed by atoms with Crippen molar-refractivity contribution in [2.75, 3.05) is 5.73 Å². The second-order valence-corrected chi connectivity index (χ2v) is 5.81. The van der Waals surface area contributed by atoms with E-state index in [4.69, 9.17) is 5.73 Å². The van der Waals surface area contributed by atoms with E-state index in [0.29, 0.717) is 5.56 Å². The fraction of sp³-hybridized carbons (Fsp3) is 0.182. The molecule has 1 heterocycles. The summed E-state index contributed by atoms with van der Waals surface area (Å²) in [4.78, 5) is 0.289. The quantitative estimate of drug-likeness (QED) is 0.845. The van der Waals surface area contributed by atoms with Gasteiger partial charge in [0.25, 0.3) is 0 Å². The Labute approximate surface area is 99.6 Å². The molecule has 1 aromatic carbocycles. The molecule has 90 valence electrons. The molecule has 0 fully saturated rings. The number of aryl methyl sites for hydroxylation is 2. The van der Waals surface area contributed by atoms with Gasteiger partial charge in [-0.3, -0.25) is 5.10 Å². The van der Waals surface area contributed by atoms with Crippen LogP contribution in [0.2, 0.25) is 0 Å². The van der Waals surface area contributed by atoms with Crippen LogP contribution >= 0.6 is 0 Å². The average molecular weight is 251 g/mol. The lowest BCUT2D eigenvalue weighted by molar-refractivity contribution is 0.596. The van der Waals surface area contributed by atoms with Crippen molar-refractivity contribution in [2.45, 2.75) is 23.6 Å². The molecule has 0 unspecified atom stereocenters. The number of aromatic amines is 1. The lowest BCUT2D eigenvalue weighted by Gasteiger charge is -2.07. The van der Waals surface area contributed by atoms with Crippen LogP contribution in [0.4, 0.5) is 5.82 Å². The fourth-order valence-electron chi connectivity index (χ4n) is 1.61. The molecule has 0 saturated carbocycles. The van der Waals surface area contributed by atoms with Crippen LogP contribution in [0.3, 0.4) is 0 Å². The fourth-order valence-corrected chi connectivity index (χ4v) is 3.21. The van der Waals surface area contributed by atoms with Crippen molar-refractivity contribution < 1.29 is 8.42 Å². The molecule has 0 atom stereocenters. The van der Waals surface area contributed by atoms with Crippen LogP contribution < -0.4 is 5.73 Å². The smallest absolute Gasteiger partial charge is 0.212 e. The molecule has 0 spiro atoms. The Hall–Kier alpha value is -1.82. The molecule has 5 nitrogen and oxygen atoms in total. The van der Waals surface area contributed by atoms with E-state index in [-0.39, 0.29) is 15.6 Å². The Morgan fingerprint density at radius 3 is 2.53 bits per heavy atom. The topological polar surface area (TPSA) is 88.8 Å². The van der Waals surface area contributed by atoms with Crippen LogP contribution in [0.15, 0.2) is 34.2 Å². The number of hydrogen-bond donors (Lipinski definition) is 2. The summed E-state index contributed by atoms with van der Waals surface area (Å²) in [6.07, 6.45) is 1.23. The number of nitrogens with two attached hydrogens (primary N) is 1. The molecule has 0 radical (unpaired) electrons. The SMILES string of the molecule is Cc1ccc(C)c(S(=O)(=O)c2cn[nH]c2N)c1. The minimum atomic E-state index is -3.60. The Morgan fingerprint density at radius 1 is 1.24 bits per heavy atom. The van der Waals surface area contributed by atoms with Crippen LogP contribution in [0, 0.1) is 13.8 Å². The third-order valence-corrected chi connectivity index (χ3v) is 4.48. The Balaban J connectivity index is 2.68. The van der Waals surface area contributed by atoms with Gasteiger partial charge in [-0.2, -0.15) is 5.10 Å². The minimum absolute atomic E-state index is 0.0196. The number of rotatable bonds is 2. The summed E-state index contributed by atoms with van der Waals surface area (Å²) >= 11 is 0. The molecule has 17 heavy (non-hydrogen) atoms. The molecule has 0 saturated heterocycles. The van der Waals surface area contributed by atoms with Crippen molar-refractivity contribution >= 4 is 15.7 Å². The van der Waals surface area contributed by atoms with Crippen LogP contribution in [0.1, 0.15) is 11.1 Å². The molecule has 2 aromatic rings. The van der Waals surface area contributed by atoms with Crippen molar-refractivity contribution in [2.24, 2.45) is 0 Å². The highest BCUT2D eigenvalue weighted by Crippen LogP contribution is 2.27. The van der Waals surface area contributed by atoms with Crippen LogP contribution in [0.25, 0.3) is 0 Å². The van der Waals surface area contributed by atoms with Crippen LogP contribution in [-0.2, 0) is 9.84 Å². The highest BCUT2D eigenvalue weighted by Gasteiger charge is 2.23. The van der Waals surface area contributed by atoms with Gasteiger partial charge in [0.1, 0.15) is 10.7 Å². The highest BCUT2D eigenvalue weighted by molar-refractivity contribution is 7.91. The zero-order valence-electron chi connectivity index (χ0n) is 9.56. The van der Waals surface area contributed by atoms with Gasteiger partial charge in [-0.25, -0.2) is 8.42 Å². The number of anilines is 1. The molecule has 0 aliphatic heterocycles. The number of nitrogens with one attached hydrogen (secondary N) is 1. The standard InChI is InChI=1S/C11H13N3O2S/c1-7-3-4-8(2)9(5-7)17(15,16)10-6-13-14-11(10)12/h3-6H,1-2H3,(H3,12,13,14). The number of hydrogen-bond acceptors (Lipinski definition) is 4. The number of nitrogens with zero attached hydrogens (tertiary/aromatic N) is 1. The summed E-state index contributed by atoms with van der Waals surface area (Å²) in [5.41, 5.74) is 7.13. The first-order valence-electron chi connectivity index (χ1n) is 5.04. The van der Waals surface area contributed by atoms with Gasteiger partial charge in [-0.05, 0) is 31.0 Å². The summed E-state index contributed by atoms with van der Waals surface area (Å²) in [6, 6.07) is 5.28. The number of sulfone groups is 1. The van der Waals surface area contributed by atoms with Crippen molar-refractivity contribution in [3.8, 4) is 0 Å². The van der Waals surface area contributed by atoms with Crippen LogP contribution in [-0.4, -0.2) is 18.6 Å². The first kappa shape index (κ1) is 11.7. The Bertz CT molecular complexity index is 659. The zero-order chi connectivity index (χ0) is 12.6. The van der Waals surface area contributed by atoms with Gasteiger partial charge in [-0.1, -0.05) is 12.1 Å². The van der Waals surface area contributed by atoms with E-state index in [0.717, 1.165) is 5.56 Å². The van der Waals surface area contributed by atoms with Gasteiger partial charge in [0.05, 0.1) is 11.1 Å². The number of H-pyrrole nitrogens is 1. The van der Waals surface area contributed by atoms with Gasteiger partial charge in [-0.15, -0.1) is 0 Å². The molecular weight excluding hydrogens is 238 g/mol. The predicted molar refractivity (Wildman–Crippen MR) is 64.4 cm³/mol. The average Bonchev–Trinajstić information content (AvgIpc) is 2.68. The van der Waals surface area contributed by atoms with E-state index in [2.05, 4.69) is 10.2 Å². The summed E-state index contributed by atoms with van der Waals surface area (Å²) in [5, 5.41) is 6.06. The van der Waals surface area contributed by atoms with Gasteiger partial charge >= 0.3 is 0 Å². The van der Waals surface area contributed by atoms with Gasteiger partial charge in [0.2, 0.25) is 9.84 Å². The molecule has 0 bridgehead atoms. The highest BCUT2D eigenvalue weighted by atomic mass is 32.2. The molecule has 0 aliphatic rings. The van der Waals surface area contributed by atoms with E-state index >= 15 is 0 Å². The zero-order valence-corrected chi connectivity index (χ0v) is 10.4.